The van der Waals surface area contributed by atoms with Crippen LogP contribution in [-0.2, 0) is 11.3 Å². The molecule has 3 heteroatoms. The zero-order chi connectivity index (χ0) is 12.4. The maximum absolute atomic E-state index is 11.1. The number of benzene rings is 2. The molecule has 18 heavy (non-hydrogen) atoms. The van der Waals surface area contributed by atoms with E-state index in [1.165, 1.54) is 16.3 Å². The molecule has 0 aliphatic carbocycles. The fraction of sp³-hybridized carbons (Fsp3) is 0.267. The molecule has 1 atom stereocenters. The molecule has 2 aromatic carbocycles. The molecule has 0 bridgehead atoms. The summed E-state index contributed by atoms with van der Waals surface area (Å²) in [5.41, 5.74) is 1.26. The lowest BCUT2D eigenvalue weighted by Crippen LogP contribution is -2.30. The largest absolute Gasteiger partial charge is 0.354 e. The molecule has 1 aliphatic rings. The van der Waals surface area contributed by atoms with Crippen molar-refractivity contribution in [1.82, 2.24) is 10.6 Å². The molecular weight excluding hydrogens is 224 g/mol. The quantitative estimate of drug-likeness (QED) is 0.859. The van der Waals surface area contributed by atoms with Gasteiger partial charge >= 0.3 is 0 Å². The SMILES string of the molecule is O=C1CC(NCc2ccc3ccccc3c2)CN1. The van der Waals surface area contributed by atoms with Crippen LogP contribution >= 0.6 is 0 Å². The zero-order valence-electron chi connectivity index (χ0n) is 10.1. The average molecular weight is 240 g/mol. The first-order valence-corrected chi connectivity index (χ1v) is 6.29. The van der Waals surface area contributed by atoms with E-state index in [9.17, 15) is 4.79 Å². The van der Waals surface area contributed by atoms with Crippen LogP contribution in [0.4, 0.5) is 0 Å². The minimum atomic E-state index is 0.144. The average Bonchev–Trinajstić information content (AvgIpc) is 2.82. The van der Waals surface area contributed by atoms with Crippen LogP contribution < -0.4 is 10.6 Å². The van der Waals surface area contributed by atoms with Crippen molar-refractivity contribution in [2.75, 3.05) is 6.54 Å². The van der Waals surface area contributed by atoms with Crippen molar-refractivity contribution in [1.29, 1.82) is 0 Å². The Bertz CT molecular complexity index is 579. The maximum atomic E-state index is 11.1. The fourth-order valence-corrected chi connectivity index (χ4v) is 2.36. The van der Waals surface area contributed by atoms with Gasteiger partial charge in [0.1, 0.15) is 0 Å². The van der Waals surface area contributed by atoms with Crippen LogP contribution in [0.3, 0.4) is 0 Å². The van der Waals surface area contributed by atoms with Gasteiger partial charge in [-0.2, -0.15) is 0 Å². The molecule has 1 heterocycles. The molecule has 1 aliphatic heterocycles. The van der Waals surface area contributed by atoms with Crippen molar-refractivity contribution >= 4 is 16.7 Å². The van der Waals surface area contributed by atoms with E-state index < -0.39 is 0 Å². The molecule has 0 radical (unpaired) electrons. The normalized spacial score (nSPS) is 19.1. The van der Waals surface area contributed by atoms with Gasteiger partial charge in [0.15, 0.2) is 0 Å². The van der Waals surface area contributed by atoms with Crippen LogP contribution in [0.15, 0.2) is 42.5 Å². The summed E-state index contributed by atoms with van der Waals surface area (Å²) < 4.78 is 0. The number of hydrogen-bond donors (Lipinski definition) is 2. The van der Waals surface area contributed by atoms with E-state index in [2.05, 4.69) is 53.1 Å². The van der Waals surface area contributed by atoms with Gasteiger partial charge in [0, 0.05) is 25.6 Å². The molecule has 0 aromatic heterocycles. The van der Waals surface area contributed by atoms with Crippen molar-refractivity contribution < 1.29 is 4.79 Å². The van der Waals surface area contributed by atoms with Gasteiger partial charge in [-0.05, 0) is 22.4 Å². The minimum absolute atomic E-state index is 0.144. The van der Waals surface area contributed by atoms with Crippen molar-refractivity contribution in [3.8, 4) is 0 Å². The minimum Gasteiger partial charge on any atom is -0.354 e. The van der Waals surface area contributed by atoms with Crippen LogP contribution in [0.1, 0.15) is 12.0 Å². The molecule has 1 saturated heterocycles. The number of carbonyl (C=O) groups excluding carboxylic acids is 1. The summed E-state index contributed by atoms with van der Waals surface area (Å²) in [5.74, 6) is 0.144. The van der Waals surface area contributed by atoms with Gasteiger partial charge in [0.25, 0.3) is 0 Å². The maximum Gasteiger partial charge on any atom is 0.221 e. The number of carbonyl (C=O) groups is 1. The highest BCUT2D eigenvalue weighted by Gasteiger charge is 2.20. The molecule has 1 fully saturated rings. The van der Waals surface area contributed by atoms with E-state index in [4.69, 9.17) is 0 Å². The number of nitrogens with one attached hydrogen (secondary N) is 2. The van der Waals surface area contributed by atoms with Gasteiger partial charge in [-0.25, -0.2) is 0 Å². The third-order valence-corrected chi connectivity index (χ3v) is 3.39. The van der Waals surface area contributed by atoms with Gasteiger partial charge in [-0.15, -0.1) is 0 Å². The highest BCUT2D eigenvalue weighted by molar-refractivity contribution is 5.83. The summed E-state index contributed by atoms with van der Waals surface area (Å²) in [6.45, 7) is 1.55. The Hall–Kier alpha value is -1.87. The molecule has 3 rings (SSSR count). The summed E-state index contributed by atoms with van der Waals surface area (Å²) in [6.07, 6.45) is 0.591. The van der Waals surface area contributed by atoms with Crippen molar-refractivity contribution in [3.05, 3.63) is 48.0 Å². The first-order valence-electron chi connectivity index (χ1n) is 6.29. The van der Waals surface area contributed by atoms with Crippen LogP contribution in [0.5, 0.6) is 0 Å². The summed E-state index contributed by atoms with van der Waals surface area (Å²) in [5, 5.41) is 8.77. The Balaban J connectivity index is 1.69. The number of amides is 1. The molecule has 3 nitrogen and oxygen atoms in total. The van der Waals surface area contributed by atoms with E-state index >= 15 is 0 Å². The molecule has 2 aromatic rings. The third kappa shape index (κ3) is 2.36. The topological polar surface area (TPSA) is 41.1 Å². The van der Waals surface area contributed by atoms with Crippen molar-refractivity contribution in [3.63, 3.8) is 0 Å². The van der Waals surface area contributed by atoms with Gasteiger partial charge in [0.05, 0.1) is 0 Å². The second-order valence-electron chi connectivity index (χ2n) is 4.77. The van der Waals surface area contributed by atoms with Crippen LogP contribution in [0, 0.1) is 0 Å². The van der Waals surface area contributed by atoms with E-state index in [0.717, 1.165) is 13.1 Å². The Morgan fingerprint density at radius 3 is 2.78 bits per heavy atom. The molecule has 92 valence electrons. The Morgan fingerprint density at radius 2 is 2.00 bits per heavy atom. The number of fused-ring (bicyclic) bond motifs is 1. The lowest BCUT2D eigenvalue weighted by atomic mass is 10.1. The second-order valence-corrected chi connectivity index (χ2v) is 4.77. The monoisotopic (exact) mass is 240 g/mol. The molecule has 2 N–H and O–H groups in total. The predicted octanol–water partition coefficient (Wildman–Crippen LogP) is 1.82. The Kier molecular flexibility index (Phi) is 2.99. The fourth-order valence-electron chi connectivity index (χ4n) is 2.36. The Labute approximate surface area is 106 Å². The molecule has 1 unspecified atom stereocenters. The predicted molar refractivity (Wildman–Crippen MR) is 72.2 cm³/mol. The van der Waals surface area contributed by atoms with Gasteiger partial charge in [-0.3, -0.25) is 4.79 Å². The van der Waals surface area contributed by atoms with E-state index in [-0.39, 0.29) is 11.9 Å². The summed E-state index contributed by atoms with van der Waals surface area (Å²) in [6, 6.07) is 15.1. The standard InChI is InChI=1S/C15H16N2O/c18-15-8-14(10-17-15)16-9-11-5-6-12-3-1-2-4-13(12)7-11/h1-7,14,16H,8-10H2,(H,17,18). The van der Waals surface area contributed by atoms with Gasteiger partial charge in [-0.1, -0.05) is 36.4 Å². The van der Waals surface area contributed by atoms with Crippen LogP contribution in [0.2, 0.25) is 0 Å². The second kappa shape index (κ2) is 4.78. The lowest BCUT2D eigenvalue weighted by molar-refractivity contribution is -0.119. The summed E-state index contributed by atoms with van der Waals surface area (Å²) >= 11 is 0. The third-order valence-electron chi connectivity index (χ3n) is 3.39. The smallest absolute Gasteiger partial charge is 0.221 e. The van der Waals surface area contributed by atoms with Crippen LogP contribution in [-0.4, -0.2) is 18.5 Å². The molecular formula is C15H16N2O. The van der Waals surface area contributed by atoms with Gasteiger partial charge < -0.3 is 10.6 Å². The van der Waals surface area contributed by atoms with E-state index in [1.54, 1.807) is 0 Å². The molecule has 0 spiro atoms. The number of rotatable bonds is 3. The molecule has 0 saturated carbocycles. The summed E-state index contributed by atoms with van der Waals surface area (Å²) in [4.78, 5) is 11.1. The highest BCUT2D eigenvalue weighted by atomic mass is 16.1. The van der Waals surface area contributed by atoms with E-state index in [1.807, 2.05) is 0 Å². The van der Waals surface area contributed by atoms with E-state index in [0.29, 0.717) is 6.42 Å². The zero-order valence-corrected chi connectivity index (χ0v) is 10.1. The first-order chi connectivity index (χ1) is 8.81. The van der Waals surface area contributed by atoms with Crippen LogP contribution in [0.25, 0.3) is 10.8 Å². The highest BCUT2D eigenvalue weighted by Crippen LogP contribution is 2.15. The first kappa shape index (κ1) is 11.2. The summed E-state index contributed by atoms with van der Waals surface area (Å²) in [7, 11) is 0. The Morgan fingerprint density at radius 1 is 1.17 bits per heavy atom. The van der Waals surface area contributed by atoms with Crippen molar-refractivity contribution in [2.24, 2.45) is 0 Å². The lowest BCUT2D eigenvalue weighted by Gasteiger charge is -2.10. The van der Waals surface area contributed by atoms with Crippen molar-refractivity contribution in [2.45, 2.75) is 19.0 Å². The van der Waals surface area contributed by atoms with Gasteiger partial charge in [0.2, 0.25) is 5.91 Å². The molecule has 1 amide bonds. The number of hydrogen-bond acceptors (Lipinski definition) is 2.